The largest absolute Gasteiger partial charge is 0.491 e. The van der Waals surface area contributed by atoms with E-state index in [1.54, 1.807) is 24.3 Å². The Balaban J connectivity index is 1.73. The molecule has 0 aliphatic heterocycles. The van der Waals surface area contributed by atoms with Gasteiger partial charge in [-0.1, -0.05) is 23.7 Å². The number of amides is 1. The van der Waals surface area contributed by atoms with Crippen LogP contribution in [-0.4, -0.2) is 12.5 Å². The van der Waals surface area contributed by atoms with Crippen LogP contribution in [0.25, 0.3) is 0 Å². The smallest absolute Gasteiger partial charge is 0.228 e. The molecule has 0 aromatic heterocycles. The maximum atomic E-state index is 13.0. The molecule has 2 atom stereocenters. The summed E-state index contributed by atoms with van der Waals surface area (Å²) in [5.41, 5.74) is 1.53. The maximum Gasteiger partial charge on any atom is 0.228 e. The second kappa shape index (κ2) is 7.11. The molecule has 3 rings (SSSR count). The average Bonchev–Trinajstić information content (AvgIpc) is 3.32. The third-order valence-electron chi connectivity index (χ3n) is 3.98. The molecule has 2 unspecified atom stereocenters. The average molecular weight is 413 g/mol. The Labute approximate surface area is 153 Å². The van der Waals surface area contributed by atoms with E-state index in [0.29, 0.717) is 27.5 Å². The quantitative estimate of drug-likeness (QED) is 0.716. The molecule has 0 bridgehead atoms. The van der Waals surface area contributed by atoms with Gasteiger partial charge in [-0.25, -0.2) is 4.39 Å². The van der Waals surface area contributed by atoms with Gasteiger partial charge in [-0.15, -0.1) is 0 Å². The molecule has 1 N–H and O–H groups in total. The fourth-order valence-corrected chi connectivity index (χ4v) is 3.66. The minimum Gasteiger partial charge on any atom is -0.491 e. The summed E-state index contributed by atoms with van der Waals surface area (Å²) in [5.74, 6) is 0.214. The molecule has 1 aliphatic carbocycles. The number of hydrogen-bond acceptors (Lipinski definition) is 2. The standard InChI is InChI=1S/C18H16BrClFNO2/c1-2-24-17-15(19)7-11(20)8-16(17)22-18(23)14-9-13(14)10-3-5-12(21)6-4-10/h3-8,13-14H,2,9H2,1H3,(H,22,23). The van der Waals surface area contributed by atoms with Gasteiger partial charge >= 0.3 is 0 Å². The zero-order valence-corrected chi connectivity index (χ0v) is 15.3. The fraction of sp³-hybridized carbons (Fsp3) is 0.278. The van der Waals surface area contributed by atoms with Gasteiger partial charge in [0.25, 0.3) is 0 Å². The summed E-state index contributed by atoms with van der Waals surface area (Å²) < 4.78 is 19.3. The van der Waals surface area contributed by atoms with Crippen LogP contribution in [0.3, 0.4) is 0 Å². The first-order valence-corrected chi connectivity index (χ1v) is 8.85. The third kappa shape index (κ3) is 3.73. The Morgan fingerprint density at radius 1 is 1.38 bits per heavy atom. The van der Waals surface area contributed by atoms with Gasteiger partial charge in [0.05, 0.1) is 16.8 Å². The molecular formula is C18H16BrClFNO2. The predicted octanol–water partition coefficient (Wildman–Crippen LogP) is 5.38. The first-order valence-electron chi connectivity index (χ1n) is 7.67. The van der Waals surface area contributed by atoms with Crippen molar-refractivity contribution in [3.63, 3.8) is 0 Å². The van der Waals surface area contributed by atoms with Gasteiger partial charge in [-0.05, 0) is 65.0 Å². The molecule has 126 valence electrons. The third-order valence-corrected chi connectivity index (χ3v) is 4.79. The Kier molecular flexibility index (Phi) is 5.11. The van der Waals surface area contributed by atoms with Crippen LogP contribution in [0.2, 0.25) is 5.02 Å². The van der Waals surface area contributed by atoms with E-state index < -0.39 is 0 Å². The lowest BCUT2D eigenvalue weighted by molar-refractivity contribution is -0.117. The van der Waals surface area contributed by atoms with Gasteiger partial charge in [-0.2, -0.15) is 0 Å². The minimum absolute atomic E-state index is 0.0838. The highest BCUT2D eigenvalue weighted by molar-refractivity contribution is 9.10. The molecule has 1 fully saturated rings. The molecular weight excluding hydrogens is 397 g/mol. The lowest BCUT2D eigenvalue weighted by Gasteiger charge is -2.14. The van der Waals surface area contributed by atoms with Crippen LogP contribution >= 0.6 is 27.5 Å². The van der Waals surface area contributed by atoms with E-state index >= 15 is 0 Å². The van der Waals surface area contributed by atoms with E-state index in [4.69, 9.17) is 16.3 Å². The summed E-state index contributed by atoms with van der Waals surface area (Å²) >= 11 is 9.47. The van der Waals surface area contributed by atoms with Crippen molar-refractivity contribution in [2.75, 3.05) is 11.9 Å². The summed E-state index contributed by atoms with van der Waals surface area (Å²) in [6.07, 6.45) is 0.753. The zero-order chi connectivity index (χ0) is 17.3. The highest BCUT2D eigenvalue weighted by Gasteiger charge is 2.44. The van der Waals surface area contributed by atoms with Crippen molar-refractivity contribution in [2.45, 2.75) is 19.3 Å². The molecule has 6 heteroatoms. The van der Waals surface area contributed by atoms with Crippen LogP contribution < -0.4 is 10.1 Å². The predicted molar refractivity (Wildman–Crippen MR) is 96.2 cm³/mol. The van der Waals surface area contributed by atoms with Gasteiger partial charge < -0.3 is 10.1 Å². The van der Waals surface area contributed by atoms with E-state index in [-0.39, 0.29) is 23.6 Å². The van der Waals surface area contributed by atoms with Crippen LogP contribution in [0.1, 0.15) is 24.8 Å². The summed E-state index contributed by atoms with van der Waals surface area (Å²) in [4.78, 5) is 12.5. The molecule has 0 saturated heterocycles. The number of halogens is 3. The number of ether oxygens (including phenoxy) is 1. The Morgan fingerprint density at radius 2 is 2.08 bits per heavy atom. The molecule has 0 spiro atoms. The zero-order valence-electron chi connectivity index (χ0n) is 13.0. The number of anilines is 1. The van der Waals surface area contributed by atoms with Gasteiger partial charge in [0.1, 0.15) is 5.82 Å². The molecule has 2 aromatic carbocycles. The minimum atomic E-state index is -0.273. The van der Waals surface area contributed by atoms with Crippen LogP contribution in [-0.2, 0) is 4.79 Å². The highest BCUT2D eigenvalue weighted by atomic mass is 79.9. The maximum absolute atomic E-state index is 13.0. The van der Waals surface area contributed by atoms with Gasteiger partial charge in [0.2, 0.25) is 5.91 Å². The molecule has 3 nitrogen and oxygen atoms in total. The van der Waals surface area contributed by atoms with Crippen molar-refractivity contribution in [1.82, 2.24) is 0 Å². The van der Waals surface area contributed by atoms with E-state index in [2.05, 4.69) is 21.2 Å². The van der Waals surface area contributed by atoms with E-state index in [1.165, 1.54) is 12.1 Å². The van der Waals surface area contributed by atoms with Gasteiger partial charge in [0.15, 0.2) is 5.75 Å². The SMILES string of the molecule is CCOc1c(Br)cc(Cl)cc1NC(=O)C1CC1c1ccc(F)cc1. The van der Waals surface area contributed by atoms with Crippen molar-refractivity contribution >= 4 is 39.1 Å². The second-order valence-corrected chi connectivity index (χ2v) is 6.98. The number of carbonyl (C=O) groups excluding carboxylic acids is 1. The van der Waals surface area contributed by atoms with Gasteiger partial charge in [0, 0.05) is 10.9 Å². The molecule has 1 aliphatic rings. The lowest BCUT2D eigenvalue weighted by Crippen LogP contribution is -2.15. The monoisotopic (exact) mass is 411 g/mol. The van der Waals surface area contributed by atoms with Crippen LogP contribution in [0.15, 0.2) is 40.9 Å². The normalized spacial score (nSPS) is 19.0. The number of hydrogen-bond donors (Lipinski definition) is 1. The van der Waals surface area contributed by atoms with E-state index in [9.17, 15) is 9.18 Å². The molecule has 2 aromatic rings. The Bertz CT molecular complexity index is 766. The van der Waals surface area contributed by atoms with E-state index in [0.717, 1.165) is 12.0 Å². The van der Waals surface area contributed by atoms with Crippen LogP contribution in [0.5, 0.6) is 5.75 Å². The molecule has 24 heavy (non-hydrogen) atoms. The van der Waals surface area contributed by atoms with Crippen molar-refractivity contribution in [3.8, 4) is 5.75 Å². The van der Waals surface area contributed by atoms with Crippen molar-refractivity contribution < 1.29 is 13.9 Å². The lowest BCUT2D eigenvalue weighted by atomic mass is 10.1. The topological polar surface area (TPSA) is 38.3 Å². The summed E-state index contributed by atoms with van der Waals surface area (Å²) in [6.45, 7) is 2.35. The molecule has 0 radical (unpaired) electrons. The number of benzene rings is 2. The summed E-state index contributed by atoms with van der Waals surface area (Å²) in [6, 6.07) is 9.70. The molecule has 1 amide bonds. The summed E-state index contributed by atoms with van der Waals surface area (Å²) in [5, 5.41) is 3.40. The number of rotatable bonds is 5. The summed E-state index contributed by atoms with van der Waals surface area (Å²) in [7, 11) is 0. The van der Waals surface area contributed by atoms with Crippen molar-refractivity contribution in [3.05, 3.63) is 57.3 Å². The van der Waals surface area contributed by atoms with Gasteiger partial charge in [-0.3, -0.25) is 4.79 Å². The number of carbonyl (C=O) groups is 1. The highest BCUT2D eigenvalue weighted by Crippen LogP contribution is 2.48. The van der Waals surface area contributed by atoms with Crippen LogP contribution in [0, 0.1) is 11.7 Å². The molecule has 1 saturated carbocycles. The van der Waals surface area contributed by atoms with Crippen molar-refractivity contribution in [2.24, 2.45) is 5.92 Å². The first kappa shape index (κ1) is 17.2. The number of nitrogens with one attached hydrogen (secondary N) is 1. The van der Waals surface area contributed by atoms with Crippen LogP contribution in [0.4, 0.5) is 10.1 Å². The Hall–Kier alpha value is -1.59. The molecule has 0 heterocycles. The first-order chi connectivity index (χ1) is 11.5. The second-order valence-electron chi connectivity index (χ2n) is 5.69. The van der Waals surface area contributed by atoms with Crippen molar-refractivity contribution in [1.29, 1.82) is 0 Å². The fourth-order valence-electron chi connectivity index (χ4n) is 2.73. The van der Waals surface area contributed by atoms with E-state index in [1.807, 2.05) is 6.92 Å². The Morgan fingerprint density at radius 3 is 2.75 bits per heavy atom.